The monoisotopic (exact) mass is 399 g/mol. The molecule has 28 heavy (non-hydrogen) atoms. The molecule has 1 amide bonds. The molecule has 2 aromatic heterocycles. The summed E-state index contributed by atoms with van der Waals surface area (Å²) in [5.41, 5.74) is 2.99. The number of anilines is 1. The number of carbonyl (C=O) groups excluding carboxylic acids is 1. The van der Waals surface area contributed by atoms with Gasteiger partial charge in [0.2, 0.25) is 5.91 Å². The summed E-state index contributed by atoms with van der Waals surface area (Å²) in [5.74, 6) is -0.144. The van der Waals surface area contributed by atoms with Crippen molar-refractivity contribution in [3.8, 4) is 0 Å². The number of aromatic nitrogens is 4. The minimum atomic E-state index is -0.421. The normalized spacial score (nSPS) is 12.3. The second-order valence-corrected chi connectivity index (χ2v) is 8.10. The van der Waals surface area contributed by atoms with E-state index in [1.807, 2.05) is 52.9 Å². The fourth-order valence-electron chi connectivity index (χ4n) is 3.05. The van der Waals surface area contributed by atoms with Crippen LogP contribution >= 0.6 is 11.8 Å². The molecule has 0 fully saturated rings. The van der Waals surface area contributed by atoms with E-state index < -0.39 is 5.25 Å². The van der Waals surface area contributed by atoms with E-state index in [0.29, 0.717) is 22.6 Å². The van der Waals surface area contributed by atoms with E-state index in [9.17, 15) is 9.59 Å². The third-order valence-electron chi connectivity index (χ3n) is 4.68. The first kappa shape index (κ1) is 20.1. The van der Waals surface area contributed by atoms with Crippen LogP contribution in [0.15, 0.2) is 34.2 Å². The van der Waals surface area contributed by atoms with E-state index in [1.54, 1.807) is 15.3 Å². The quantitative estimate of drug-likeness (QED) is 0.508. The zero-order chi connectivity index (χ0) is 20.4. The van der Waals surface area contributed by atoms with Crippen LogP contribution in [-0.4, -0.2) is 30.5 Å². The molecule has 1 N–H and O–H groups in total. The minimum Gasteiger partial charge on any atom is -0.322 e. The van der Waals surface area contributed by atoms with Gasteiger partial charge >= 0.3 is 0 Å². The average molecular weight is 400 g/mol. The van der Waals surface area contributed by atoms with Crippen molar-refractivity contribution < 1.29 is 4.79 Å². The van der Waals surface area contributed by atoms with E-state index in [4.69, 9.17) is 0 Å². The molecule has 0 aliphatic carbocycles. The van der Waals surface area contributed by atoms with Crippen LogP contribution in [0, 0.1) is 13.8 Å². The van der Waals surface area contributed by atoms with E-state index in [0.717, 1.165) is 23.5 Å². The lowest BCUT2D eigenvalue weighted by Gasteiger charge is -2.16. The van der Waals surface area contributed by atoms with Gasteiger partial charge in [0.1, 0.15) is 0 Å². The standard InChI is InChI=1S/C20H25N5O2S/c1-6-11-25-19(27)15-9-7-8-10-16(15)21-20(25)28-14(4)18(26)22-17-12(2)23-24(5)13(17)3/h7-10,14H,6,11H2,1-5H3,(H,22,26). The molecule has 0 spiro atoms. The number of nitrogens with one attached hydrogen (secondary N) is 1. The molecule has 148 valence electrons. The smallest absolute Gasteiger partial charge is 0.262 e. The van der Waals surface area contributed by atoms with Gasteiger partial charge in [-0.1, -0.05) is 30.8 Å². The summed E-state index contributed by atoms with van der Waals surface area (Å²) in [6.07, 6.45) is 0.808. The van der Waals surface area contributed by atoms with E-state index in [1.165, 1.54) is 11.8 Å². The molecule has 0 aliphatic rings. The van der Waals surface area contributed by atoms with Gasteiger partial charge in [0.05, 0.1) is 33.2 Å². The summed E-state index contributed by atoms with van der Waals surface area (Å²) in [7, 11) is 1.85. The highest BCUT2D eigenvalue weighted by Crippen LogP contribution is 2.25. The van der Waals surface area contributed by atoms with Crippen molar-refractivity contribution in [2.75, 3.05) is 5.32 Å². The number of amides is 1. The summed E-state index contributed by atoms with van der Waals surface area (Å²) in [5, 5.41) is 8.03. The molecule has 0 saturated heterocycles. The van der Waals surface area contributed by atoms with Crippen LogP contribution in [0.4, 0.5) is 5.69 Å². The van der Waals surface area contributed by atoms with Crippen LogP contribution in [0.5, 0.6) is 0 Å². The highest BCUT2D eigenvalue weighted by molar-refractivity contribution is 8.00. The number of fused-ring (bicyclic) bond motifs is 1. The van der Waals surface area contributed by atoms with Gasteiger partial charge in [0.25, 0.3) is 5.56 Å². The van der Waals surface area contributed by atoms with Crippen molar-refractivity contribution in [3.05, 3.63) is 46.0 Å². The van der Waals surface area contributed by atoms with Crippen molar-refractivity contribution in [1.29, 1.82) is 0 Å². The highest BCUT2D eigenvalue weighted by atomic mass is 32.2. The Kier molecular flexibility index (Phi) is 5.88. The number of hydrogen-bond donors (Lipinski definition) is 1. The first-order valence-corrected chi connectivity index (χ1v) is 10.2. The molecule has 0 aliphatic heterocycles. The van der Waals surface area contributed by atoms with Gasteiger partial charge in [0, 0.05) is 13.6 Å². The van der Waals surface area contributed by atoms with E-state index in [-0.39, 0.29) is 11.5 Å². The Morgan fingerprint density at radius 3 is 2.64 bits per heavy atom. The molecule has 0 saturated carbocycles. The van der Waals surface area contributed by atoms with Crippen LogP contribution in [0.1, 0.15) is 31.7 Å². The lowest BCUT2D eigenvalue weighted by molar-refractivity contribution is -0.115. The first-order chi connectivity index (χ1) is 13.3. The van der Waals surface area contributed by atoms with Crippen LogP contribution < -0.4 is 10.9 Å². The molecule has 1 unspecified atom stereocenters. The molecule has 0 bridgehead atoms. The second kappa shape index (κ2) is 8.18. The van der Waals surface area contributed by atoms with Crippen LogP contribution in [-0.2, 0) is 18.4 Å². The lowest BCUT2D eigenvalue weighted by atomic mass is 10.2. The summed E-state index contributed by atoms with van der Waals surface area (Å²) < 4.78 is 3.41. The SMILES string of the molecule is CCCn1c(SC(C)C(=O)Nc2c(C)nn(C)c2C)nc2ccccc2c1=O. The molecule has 3 rings (SSSR count). The number of para-hydroxylation sites is 1. The average Bonchev–Trinajstić information content (AvgIpc) is 2.91. The topological polar surface area (TPSA) is 81.8 Å². The van der Waals surface area contributed by atoms with Gasteiger partial charge in [-0.3, -0.25) is 18.8 Å². The highest BCUT2D eigenvalue weighted by Gasteiger charge is 2.21. The maximum atomic E-state index is 12.9. The Balaban J connectivity index is 1.89. The van der Waals surface area contributed by atoms with Gasteiger partial charge in [0.15, 0.2) is 5.16 Å². The van der Waals surface area contributed by atoms with Gasteiger partial charge in [-0.15, -0.1) is 0 Å². The Morgan fingerprint density at radius 1 is 1.29 bits per heavy atom. The molecule has 0 radical (unpaired) electrons. The summed E-state index contributed by atoms with van der Waals surface area (Å²) in [6.45, 7) is 8.18. The van der Waals surface area contributed by atoms with Crippen LogP contribution in [0.2, 0.25) is 0 Å². The third kappa shape index (κ3) is 3.82. The number of aryl methyl sites for hydroxylation is 2. The number of hydrogen-bond acceptors (Lipinski definition) is 5. The predicted molar refractivity (Wildman–Crippen MR) is 113 cm³/mol. The zero-order valence-electron chi connectivity index (χ0n) is 16.8. The largest absolute Gasteiger partial charge is 0.322 e. The number of benzene rings is 1. The Hall–Kier alpha value is -2.61. The molecular weight excluding hydrogens is 374 g/mol. The zero-order valence-corrected chi connectivity index (χ0v) is 17.6. The van der Waals surface area contributed by atoms with Gasteiger partial charge < -0.3 is 5.32 Å². The fourth-order valence-corrected chi connectivity index (χ4v) is 3.98. The first-order valence-electron chi connectivity index (χ1n) is 9.30. The predicted octanol–water partition coefficient (Wildman–Crippen LogP) is 3.28. The van der Waals surface area contributed by atoms with E-state index >= 15 is 0 Å². The van der Waals surface area contributed by atoms with Crippen molar-refractivity contribution in [1.82, 2.24) is 19.3 Å². The molecule has 8 heteroatoms. The van der Waals surface area contributed by atoms with Crippen molar-refractivity contribution in [2.45, 2.75) is 51.1 Å². The number of rotatable bonds is 6. The summed E-state index contributed by atoms with van der Waals surface area (Å²) >= 11 is 1.30. The van der Waals surface area contributed by atoms with Gasteiger partial charge in [-0.25, -0.2) is 4.98 Å². The summed E-state index contributed by atoms with van der Waals surface area (Å²) in [4.78, 5) is 30.3. The van der Waals surface area contributed by atoms with Crippen LogP contribution in [0.25, 0.3) is 10.9 Å². The van der Waals surface area contributed by atoms with Crippen molar-refractivity contribution in [2.24, 2.45) is 7.05 Å². The fraction of sp³-hybridized carbons (Fsp3) is 0.400. The van der Waals surface area contributed by atoms with E-state index in [2.05, 4.69) is 15.4 Å². The number of thioether (sulfide) groups is 1. The molecule has 1 aromatic carbocycles. The van der Waals surface area contributed by atoms with Crippen molar-refractivity contribution >= 4 is 34.3 Å². The maximum absolute atomic E-state index is 12.9. The number of carbonyl (C=O) groups is 1. The number of nitrogens with zero attached hydrogens (tertiary/aromatic N) is 4. The third-order valence-corrected chi connectivity index (χ3v) is 5.77. The molecule has 2 heterocycles. The van der Waals surface area contributed by atoms with Crippen LogP contribution in [0.3, 0.4) is 0 Å². The lowest BCUT2D eigenvalue weighted by Crippen LogP contribution is -2.27. The second-order valence-electron chi connectivity index (χ2n) is 6.79. The Bertz CT molecular complexity index is 1090. The van der Waals surface area contributed by atoms with Crippen molar-refractivity contribution in [3.63, 3.8) is 0 Å². The maximum Gasteiger partial charge on any atom is 0.262 e. The Morgan fingerprint density at radius 2 is 2.00 bits per heavy atom. The minimum absolute atomic E-state index is 0.0680. The molecular formula is C20H25N5O2S. The Labute approximate surface area is 168 Å². The summed E-state index contributed by atoms with van der Waals surface area (Å²) in [6, 6.07) is 7.31. The molecule has 3 aromatic rings. The van der Waals surface area contributed by atoms with Gasteiger partial charge in [-0.2, -0.15) is 5.10 Å². The molecule has 7 nitrogen and oxygen atoms in total. The molecule has 1 atom stereocenters. The van der Waals surface area contributed by atoms with Gasteiger partial charge in [-0.05, 0) is 39.3 Å².